The van der Waals surface area contributed by atoms with Gasteiger partial charge in [-0.3, -0.25) is 14.4 Å². The third kappa shape index (κ3) is 9.04. The molecule has 0 radical (unpaired) electrons. The minimum Gasteiger partial charge on any atom is -0.325 e. The van der Waals surface area contributed by atoms with Crippen LogP contribution in [0.2, 0.25) is 0 Å². The number of benzene rings is 5. The van der Waals surface area contributed by atoms with Crippen LogP contribution < -0.4 is 16.0 Å². The van der Waals surface area contributed by atoms with Gasteiger partial charge in [0.1, 0.15) is 10.9 Å². The largest absolute Gasteiger partial charge is 0.325 e. The van der Waals surface area contributed by atoms with Gasteiger partial charge in [0, 0.05) is 26.3 Å². The van der Waals surface area contributed by atoms with Crippen LogP contribution >= 0.6 is 27.7 Å². The second-order valence-electron chi connectivity index (χ2n) is 10.2. The molecule has 0 aliphatic carbocycles. The predicted octanol–water partition coefficient (Wildman–Crippen LogP) is 8.64. The van der Waals surface area contributed by atoms with Crippen molar-refractivity contribution in [3.63, 3.8) is 0 Å². The zero-order valence-electron chi connectivity index (χ0n) is 24.4. The second-order valence-corrected chi connectivity index (χ2v) is 12.3. The van der Waals surface area contributed by atoms with Gasteiger partial charge in [-0.05, 0) is 84.3 Å². The van der Waals surface area contributed by atoms with E-state index in [9.17, 15) is 14.4 Å². The molecular formula is C37H30BrN3O3S. The quantitative estimate of drug-likeness (QED) is 0.102. The smallest absolute Gasteiger partial charge is 0.272 e. The summed E-state index contributed by atoms with van der Waals surface area (Å²) in [7, 11) is 0. The number of nitrogens with one attached hydrogen (secondary N) is 3. The topological polar surface area (TPSA) is 87.3 Å². The Morgan fingerprint density at radius 2 is 1.36 bits per heavy atom. The lowest BCUT2D eigenvalue weighted by Gasteiger charge is -2.18. The first-order valence-electron chi connectivity index (χ1n) is 14.2. The fourth-order valence-corrected chi connectivity index (χ4v) is 5.83. The average molecular weight is 677 g/mol. The molecule has 0 bridgehead atoms. The van der Waals surface area contributed by atoms with E-state index in [-0.39, 0.29) is 11.6 Å². The van der Waals surface area contributed by atoms with Gasteiger partial charge in [-0.2, -0.15) is 0 Å². The minimum atomic E-state index is -0.546. The zero-order valence-corrected chi connectivity index (χ0v) is 26.8. The molecule has 5 rings (SSSR count). The number of halogens is 1. The first kappa shape index (κ1) is 31.5. The van der Waals surface area contributed by atoms with Gasteiger partial charge in [-0.15, -0.1) is 11.8 Å². The SMILES string of the molecule is Cc1cccc(NC(=O)C(Sc2cccc(NC(=O)/C(=C/c3ccc(Br)cc3)NC(=O)c3ccccc3)c2)c2ccccc2)c1. The van der Waals surface area contributed by atoms with Crippen molar-refractivity contribution in [3.8, 4) is 0 Å². The van der Waals surface area contributed by atoms with E-state index >= 15 is 0 Å². The molecular weight excluding hydrogens is 646 g/mol. The molecule has 8 heteroatoms. The summed E-state index contributed by atoms with van der Waals surface area (Å²) in [5.74, 6) is -1.04. The Hall–Kier alpha value is -4.92. The van der Waals surface area contributed by atoms with Gasteiger partial charge in [0.05, 0.1) is 0 Å². The molecule has 1 unspecified atom stereocenters. The first-order chi connectivity index (χ1) is 21.8. The van der Waals surface area contributed by atoms with Crippen LogP contribution in [0.4, 0.5) is 11.4 Å². The van der Waals surface area contributed by atoms with Gasteiger partial charge < -0.3 is 16.0 Å². The Labute approximate surface area is 275 Å². The molecule has 224 valence electrons. The number of carbonyl (C=O) groups excluding carboxylic acids is 3. The lowest BCUT2D eigenvalue weighted by Crippen LogP contribution is -2.30. The average Bonchev–Trinajstić information content (AvgIpc) is 3.05. The van der Waals surface area contributed by atoms with E-state index in [1.807, 2.05) is 110 Å². The van der Waals surface area contributed by atoms with E-state index in [4.69, 9.17) is 0 Å². The van der Waals surface area contributed by atoms with Crippen molar-refractivity contribution in [2.45, 2.75) is 17.1 Å². The van der Waals surface area contributed by atoms with Gasteiger partial charge in [-0.1, -0.05) is 94.8 Å². The molecule has 5 aromatic rings. The number of rotatable bonds is 10. The number of aryl methyl sites for hydroxylation is 1. The fraction of sp³-hybridized carbons (Fsp3) is 0.0541. The van der Waals surface area contributed by atoms with Crippen molar-refractivity contribution >= 4 is 62.9 Å². The van der Waals surface area contributed by atoms with Gasteiger partial charge in [-0.25, -0.2) is 0 Å². The summed E-state index contributed by atoms with van der Waals surface area (Å²) in [4.78, 5) is 40.9. The molecule has 0 heterocycles. The fourth-order valence-electron chi connectivity index (χ4n) is 4.48. The number of hydrogen-bond donors (Lipinski definition) is 3. The summed E-state index contributed by atoms with van der Waals surface area (Å²) in [6.45, 7) is 1.98. The van der Waals surface area contributed by atoms with Gasteiger partial charge in [0.2, 0.25) is 5.91 Å². The molecule has 0 saturated heterocycles. The summed E-state index contributed by atoms with van der Waals surface area (Å²) in [5.41, 5.74) is 4.41. The molecule has 0 spiro atoms. The van der Waals surface area contributed by atoms with Gasteiger partial charge >= 0.3 is 0 Å². The van der Waals surface area contributed by atoms with E-state index in [2.05, 4.69) is 31.9 Å². The molecule has 1 atom stereocenters. The molecule has 3 N–H and O–H groups in total. The molecule has 3 amide bonds. The predicted molar refractivity (Wildman–Crippen MR) is 186 cm³/mol. The van der Waals surface area contributed by atoms with E-state index in [1.54, 1.807) is 36.4 Å². The number of thioether (sulfide) groups is 1. The monoisotopic (exact) mass is 675 g/mol. The van der Waals surface area contributed by atoms with E-state index < -0.39 is 17.1 Å². The van der Waals surface area contributed by atoms with Crippen molar-refractivity contribution < 1.29 is 14.4 Å². The second kappa shape index (κ2) is 15.2. The molecule has 0 aliphatic rings. The van der Waals surface area contributed by atoms with Crippen LogP contribution in [0.3, 0.4) is 0 Å². The van der Waals surface area contributed by atoms with E-state index in [0.29, 0.717) is 11.3 Å². The number of hydrogen-bond acceptors (Lipinski definition) is 4. The summed E-state index contributed by atoms with van der Waals surface area (Å²) >= 11 is 4.81. The van der Waals surface area contributed by atoms with Crippen LogP contribution in [0.15, 0.2) is 149 Å². The highest BCUT2D eigenvalue weighted by atomic mass is 79.9. The van der Waals surface area contributed by atoms with Crippen molar-refractivity contribution in [3.05, 3.63) is 166 Å². The van der Waals surface area contributed by atoms with Crippen molar-refractivity contribution in [1.29, 1.82) is 0 Å². The molecule has 0 aromatic heterocycles. The Morgan fingerprint density at radius 1 is 0.711 bits per heavy atom. The van der Waals surface area contributed by atoms with E-state index in [1.165, 1.54) is 11.8 Å². The van der Waals surface area contributed by atoms with E-state index in [0.717, 1.165) is 31.7 Å². The van der Waals surface area contributed by atoms with Gasteiger partial charge in [0.25, 0.3) is 11.8 Å². The lowest BCUT2D eigenvalue weighted by atomic mass is 10.1. The zero-order chi connectivity index (χ0) is 31.6. The minimum absolute atomic E-state index is 0.0870. The molecule has 0 aliphatic heterocycles. The van der Waals surface area contributed by atoms with Crippen LogP contribution in [-0.2, 0) is 9.59 Å². The van der Waals surface area contributed by atoms with Crippen LogP contribution in [0.25, 0.3) is 6.08 Å². The number of carbonyl (C=O) groups is 3. The van der Waals surface area contributed by atoms with Crippen molar-refractivity contribution in [2.75, 3.05) is 10.6 Å². The highest BCUT2D eigenvalue weighted by Gasteiger charge is 2.23. The van der Waals surface area contributed by atoms with Crippen LogP contribution in [0.1, 0.15) is 32.3 Å². The summed E-state index contributed by atoms with van der Waals surface area (Å²) in [6.07, 6.45) is 1.63. The maximum absolute atomic E-state index is 13.6. The molecule has 45 heavy (non-hydrogen) atoms. The van der Waals surface area contributed by atoms with Crippen LogP contribution in [-0.4, -0.2) is 17.7 Å². The molecule has 5 aromatic carbocycles. The van der Waals surface area contributed by atoms with Crippen LogP contribution in [0, 0.1) is 6.92 Å². The highest BCUT2D eigenvalue weighted by Crippen LogP contribution is 2.37. The third-order valence-electron chi connectivity index (χ3n) is 6.68. The number of amides is 3. The Kier molecular flexibility index (Phi) is 10.6. The lowest BCUT2D eigenvalue weighted by molar-refractivity contribution is -0.116. The van der Waals surface area contributed by atoms with Crippen molar-refractivity contribution in [2.24, 2.45) is 0 Å². The highest BCUT2D eigenvalue weighted by molar-refractivity contribution is 9.10. The van der Waals surface area contributed by atoms with Gasteiger partial charge in [0.15, 0.2) is 0 Å². The number of anilines is 2. The summed E-state index contributed by atoms with van der Waals surface area (Å²) in [6, 6.07) is 40.7. The molecule has 0 saturated carbocycles. The normalized spacial score (nSPS) is 11.7. The van der Waals surface area contributed by atoms with Crippen LogP contribution in [0.5, 0.6) is 0 Å². The molecule has 6 nitrogen and oxygen atoms in total. The molecule has 0 fully saturated rings. The van der Waals surface area contributed by atoms with Crippen molar-refractivity contribution in [1.82, 2.24) is 5.32 Å². The maximum atomic E-state index is 13.6. The Morgan fingerprint density at radius 3 is 2.04 bits per heavy atom. The Balaban J connectivity index is 1.37. The summed E-state index contributed by atoms with van der Waals surface area (Å²) in [5, 5.41) is 8.18. The maximum Gasteiger partial charge on any atom is 0.272 e. The standard InChI is InChI=1S/C37H30BrN3O3S/c1-25-10-8-15-30(22-25)40-37(44)34(27-11-4-2-5-12-27)45-32-17-9-16-31(24-32)39-36(43)33(23-26-18-20-29(38)21-19-26)41-35(42)28-13-6-3-7-14-28/h2-24,34H,1H3,(H,39,43)(H,40,44)(H,41,42)/b33-23-. The Bertz CT molecular complexity index is 1830. The third-order valence-corrected chi connectivity index (χ3v) is 8.46. The summed E-state index contributed by atoms with van der Waals surface area (Å²) < 4.78 is 0.898. The first-order valence-corrected chi connectivity index (χ1v) is 15.9.